The first-order valence-electron chi connectivity index (χ1n) is 11.6. The minimum atomic E-state index is -0.970. The predicted molar refractivity (Wildman–Crippen MR) is 134 cm³/mol. The molecule has 0 amide bonds. The van der Waals surface area contributed by atoms with E-state index in [-0.39, 0.29) is 0 Å². The summed E-state index contributed by atoms with van der Waals surface area (Å²) >= 11 is -1.94. The van der Waals surface area contributed by atoms with Gasteiger partial charge in [0, 0.05) is 0 Å². The molecule has 0 spiro atoms. The van der Waals surface area contributed by atoms with Crippen LogP contribution in [0.25, 0.3) is 0 Å². The summed E-state index contributed by atoms with van der Waals surface area (Å²) in [5, 5.41) is 5.29. The molecule has 30 heavy (non-hydrogen) atoms. The van der Waals surface area contributed by atoms with Gasteiger partial charge in [0.15, 0.2) is 0 Å². The van der Waals surface area contributed by atoms with Gasteiger partial charge < -0.3 is 0 Å². The quantitative estimate of drug-likeness (QED) is 0.199. The van der Waals surface area contributed by atoms with Crippen molar-refractivity contribution in [2.45, 2.75) is 60.4 Å². The molecule has 2 unspecified atom stereocenters. The molecule has 166 valence electrons. The summed E-state index contributed by atoms with van der Waals surface area (Å²) in [5.41, 5.74) is 0. The Labute approximate surface area is 194 Å². The first-order valence-corrected chi connectivity index (χ1v) is 18.8. The Morgan fingerprint density at radius 3 is 1.30 bits per heavy atom. The van der Waals surface area contributed by atoms with Crippen molar-refractivity contribution < 1.29 is 9.47 Å². The summed E-state index contributed by atoms with van der Waals surface area (Å²) in [4.78, 5) is 0. The van der Waals surface area contributed by atoms with E-state index in [4.69, 9.17) is 9.47 Å². The van der Waals surface area contributed by atoms with Crippen LogP contribution in [0.15, 0.2) is 60.7 Å². The summed E-state index contributed by atoms with van der Waals surface area (Å²) in [5.74, 6) is 0. The molecule has 0 saturated carbocycles. The van der Waals surface area contributed by atoms with E-state index >= 15 is 0 Å². The van der Waals surface area contributed by atoms with Crippen LogP contribution in [0.3, 0.4) is 0 Å². The van der Waals surface area contributed by atoms with Gasteiger partial charge >= 0.3 is 195 Å². The molecular weight excluding hydrogens is 494 g/mol. The van der Waals surface area contributed by atoms with Gasteiger partial charge in [0.05, 0.1) is 0 Å². The monoisotopic (exact) mass is 534 g/mol. The average molecular weight is 534 g/mol. The number of rotatable bonds is 17. The van der Waals surface area contributed by atoms with Crippen LogP contribution in [0, 0.1) is 0 Å². The molecule has 0 bridgehead atoms. The second-order valence-electron chi connectivity index (χ2n) is 7.58. The molecule has 2 aromatic carbocycles. The third-order valence-corrected chi connectivity index (χ3v) is 16.1. The number of benzene rings is 2. The van der Waals surface area contributed by atoms with Crippen LogP contribution in [-0.2, 0) is 9.47 Å². The zero-order valence-corrected chi connectivity index (χ0v) is 22.7. The van der Waals surface area contributed by atoms with Crippen molar-refractivity contribution in [3.8, 4) is 0 Å². The van der Waals surface area contributed by atoms with Gasteiger partial charge in [0.2, 0.25) is 0 Å². The van der Waals surface area contributed by atoms with E-state index in [1.54, 1.807) is 8.70 Å². The number of hydrogen-bond donors (Lipinski definition) is 0. The molecule has 4 heteroatoms. The molecule has 0 aliphatic heterocycles. The average Bonchev–Trinajstić information content (AvgIpc) is 2.80. The summed E-state index contributed by atoms with van der Waals surface area (Å²) in [6.07, 6.45) is 5.28. The zero-order chi connectivity index (χ0) is 21.3. The Hall–Kier alpha value is -0.523. The van der Waals surface area contributed by atoms with Crippen molar-refractivity contribution in [3.63, 3.8) is 0 Å². The van der Waals surface area contributed by atoms with E-state index in [1.165, 1.54) is 46.5 Å². The second kappa shape index (κ2) is 17.1. The van der Waals surface area contributed by atoms with Gasteiger partial charge in [0.25, 0.3) is 0 Å². The molecule has 0 fully saturated rings. The molecule has 2 aromatic rings. The van der Waals surface area contributed by atoms with Crippen molar-refractivity contribution >= 4 is 38.0 Å². The van der Waals surface area contributed by atoms with Gasteiger partial charge in [-0.1, -0.05) is 0 Å². The molecule has 0 N–H and O–H groups in total. The van der Waals surface area contributed by atoms with E-state index in [0.717, 1.165) is 26.4 Å². The van der Waals surface area contributed by atoms with Gasteiger partial charge in [-0.2, -0.15) is 0 Å². The van der Waals surface area contributed by atoms with Crippen LogP contribution in [-0.4, -0.2) is 55.7 Å². The summed E-state index contributed by atoms with van der Waals surface area (Å²) < 4.78 is 15.1. The van der Waals surface area contributed by atoms with E-state index in [1.807, 2.05) is 0 Å². The summed E-state index contributed by atoms with van der Waals surface area (Å²) in [7, 11) is 0. The van der Waals surface area contributed by atoms with E-state index < -0.39 is 29.3 Å². The van der Waals surface area contributed by atoms with Gasteiger partial charge in [-0.25, -0.2) is 0 Å². The van der Waals surface area contributed by atoms with Crippen molar-refractivity contribution in [3.05, 3.63) is 60.7 Å². The van der Waals surface area contributed by atoms with Crippen molar-refractivity contribution in [2.24, 2.45) is 0 Å². The first-order chi connectivity index (χ1) is 14.8. The SMILES string of the molecule is CCCC[As](CCOCCOCC[As](CCCC)c1ccccc1)c1ccccc1. The molecule has 2 rings (SSSR count). The molecule has 0 aliphatic carbocycles. The van der Waals surface area contributed by atoms with Gasteiger partial charge in [-0.3, -0.25) is 0 Å². The van der Waals surface area contributed by atoms with Crippen molar-refractivity contribution in [2.75, 3.05) is 26.4 Å². The van der Waals surface area contributed by atoms with Crippen LogP contribution >= 0.6 is 0 Å². The fraction of sp³-hybridized carbons (Fsp3) is 0.538. The summed E-state index contributed by atoms with van der Waals surface area (Å²) in [6.45, 7) is 7.83. The van der Waals surface area contributed by atoms with Crippen LogP contribution in [0.4, 0.5) is 0 Å². The second-order valence-corrected chi connectivity index (χ2v) is 18.0. The first kappa shape index (κ1) is 25.7. The minimum absolute atomic E-state index is 0.734. The number of hydrogen-bond acceptors (Lipinski definition) is 2. The molecule has 0 aliphatic rings. The molecular formula is C26H40As2O2. The van der Waals surface area contributed by atoms with Gasteiger partial charge in [0.1, 0.15) is 0 Å². The van der Waals surface area contributed by atoms with Crippen LogP contribution in [0.5, 0.6) is 0 Å². The maximum absolute atomic E-state index is 5.95. The van der Waals surface area contributed by atoms with E-state index in [0.29, 0.717) is 0 Å². The Kier molecular flexibility index (Phi) is 14.7. The standard InChI is InChI=1S/C26H40As2O2/c1-3-5-17-27(25-13-9-7-10-14-25)19-21-29-23-24-30-22-20-28(18-6-4-2)26-15-11-8-12-16-26/h7-16H,3-6,17-24H2,1-2H3. The molecule has 0 heterocycles. The third-order valence-electron chi connectivity index (χ3n) is 5.19. The normalized spacial score (nSPS) is 13.3. The zero-order valence-electron chi connectivity index (χ0n) is 19.0. The third kappa shape index (κ3) is 10.7. The van der Waals surface area contributed by atoms with Gasteiger partial charge in [-0.15, -0.1) is 0 Å². The van der Waals surface area contributed by atoms with Gasteiger partial charge in [-0.05, 0) is 0 Å². The van der Waals surface area contributed by atoms with Crippen LogP contribution in [0.1, 0.15) is 39.5 Å². The number of ether oxygens (including phenoxy) is 2. The Bertz CT molecular complexity index is 578. The molecule has 2 nitrogen and oxygen atoms in total. The van der Waals surface area contributed by atoms with E-state index in [2.05, 4.69) is 74.5 Å². The molecule has 0 saturated heterocycles. The van der Waals surface area contributed by atoms with Crippen LogP contribution < -0.4 is 8.70 Å². The molecule has 0 aromatic heterocycles. The maximum atomic E-state index is 5.95. The fourth-order valence-electron chi connectivity index (χ4n) is 3.39. The number of unbranched alkanes of at least 4 members (excludes halogenated alkanes) is 2. The predicted octanol–water partition coefficient (Wildman–Crippen LogP) is 5.42. The Morgan fingerprint density at radius 2 is 0.933 bits per heavy atom. The van der Waals surface area contributed by atoms with Crippen molar-refractivity contribution in [1.29, 1.82) is 0 Å². The topological polar surface area (TPSA) is 18.5 Å². The van der Waals surface area contributed by atoms with Crippen LogP contribution in [0.2, 0.25) is 20.8 Å². The van der Waals surface area contributed by atoms with E-state index in [9.17, 15) is 0 Å². The Balaban J connectivity index is 1.61. The summed E-state index contributed by atoms with van der Waals surface area (Å²) in [6, 6.07) is 22.3. The van der Waals surface area contributed by atoms with Crippen molar-refractivity contribution in [1.82, 2.24) is 0 Å². The molecule has 0 radical (unpaired) electrons. The molecule has 2 atom stereocenters. The Morgan fingerprint density at radius 1 is 0.533 bits per heavy atom. The fourth-order valence-corrected chi connectivity index (χ4v) is 13.4.